The molecule has 3 nitrogen and oxygen atoms in total. The van der Waals surface area contributed by atoms with Gasteiger partial charge in [-0.1, -0.05) is 31.2 Å². The normalized spacial score (nSPS) is 19.5. The largest absolute Gasteiger partial charge is 0.489 e. The molecule has 2 aromatic carbocycles. The number of hydrogen-bond acceptors (Lipinski definition) is 3. The first kappa shape index (κ1) is 14.6. The second-order valence-electron chi connectivity index (χ2n) is 5.95. The maximum absolute atomic E-state index is 8.91. The van der Waals surface area contributed by atoms with Crippen LogP contribution in [-0.2, 0) is 13.2 Å². The Hall–Kier alpha value is -2.31. The summed E-state index contributed by atoms with van der Waals surface area (Å²) in [6.45, 7) is 3.63. The average molecular weight is 292 g/mol. The standard InChI is InChI=1S/C19H20N2O/c1-14-8-19(14)21-12-16-5-3-7-18(10-16)22-13-17-6-2-4-15(9-17)11-20/h2-7,9-10,14,19,21H,8,12-13H2,1H3. The third-order valence-electron chi connectivity index (χ3n) is 4.04. The predicted molar refractivity (Wildman–Crippen MR) is 86.3 cm³/mol. The van der Waals surface area contributed by atoms with Crippen LogP contribution in [0.1, 0.15) is 30.0 Å². The van der Waals surface area contributed by atoms with Crippen LogP contribution in [0.3, 0.4) is 0 Å². The van der Waals surface area contributed by atoms with Gasteiger partial charge in [0.25, 0.3) is 0 Å². The summed E-state index contributed by atoms with van der Waals surface area (Å²) in [6, 6.07) is 18.5. The van der Waals surface area contributed by atoms with Gasteiger partial charge in [0.1, 0.15) is 12.4 Å². The number of nitriles is 1. The zero-order chi connectivity index (χ0) is 15.4. The monoisotopic (exact) mass is 292 g/mol. The van der Waals surface area contributed by atoms with E-state index < -0.39 is 0 Å². The Morgan fingerprint density at radius 3 is 2.73 bits per heavy atom. The number of hydrogen-bond donors (Lipinski definition) is 1. The minimum atomic E-state index is 0.478. The molecule has 0 saturated heterocycles. The molecule has 3 rings (SSSR count). The summed E-state index contributed by atoms with van der Waals surface area (Å²) in [6.07, 6.45) is 1.28. The molecule has 1 N–H and O–H groups in total. The third-order valence-corrected chi connectivity index (χ3v) is 4.04. The van der Waals surface area contributed by atoms with Crippen molar-refractivity contribution in [3.8, 4) is 11.8 Å². The summed E-state index contributed by atoms with van der Waals surface area (Å²) in [7, 11) is 0. The third kappa shape index (κ3) is 3.87. The smallest absolute Gasteiger partial charge is 0.120 e. The van der Waals surface area contributed by atoms with Crippen LogP contribution in [0.4, 0.5) is 0 Å². The van der Waals surface area contributed by atoms with Gasteiger partial charge in [0, 0.05) is 12.6 Å². The Morgan fingerprint density at radius 1 is 1.18 bits per heavy atom. The van der Waals surface area contributed by atoms with Gasteiger partial charge in [0.05, 0.1) is 11.6 Å². The number of benzene rings is 2. The molecular formula is C19H20N2O. The van der Waals surface area contributed by atoms with Crippen LogP contribution < -0.4 is 10.1 Å². The molecular weight excluding hydrogens is 272 g/mol. The molecule has 22 heavy (non-hydrogen) atoms. The molecule has 0 spiro atoms. The Kier molecular flexibility index (Phi) is 4.41. The molecule has 0 aliphatic heterocycles. The number of ether oxygens (including phenoxy) is 1. The molecule has 1 aliphatic carbocycles. The van der Waals surface area contributed by atoms with E-state index in [2.05, 4.69) is 30.4 Å². The first-order valence-electron chi connectivity index (χ1n) is 7.69. The van der Waals surface area contributed by atoms with E-state index in [4.69, 9.17) is 10.00 Å². The second-order valence-corrected chi connectivity index (χ2v) is 5.95. The van der Waals surface area contributed by atoms with Crippen LogP contribution in [0, 0.1) is 17.2 Å². The van der Waals surface area contributed by atoms with Crippen molar-refractivity contribution in [1.29, 1.82) is 5.26 Å². The van der Waals surface area contributed by atoms with E-state index in [1.807, 2.05) is 30.3 Å². The van der Waals surface area contributed by atoms with Crippen molar-refractivity contribution in [2.75, 3.05) is 0 Å². The van der Waals surface area contributed by atoms with Gasteiger partial charge in [-0.25, -0.2) is 0 Å². The molecule has 0 amide bonds. The van der Waals surface area contributed by atoms with E-state index in [1.54, 1.807) is 6.07 Å². The molecule has 0 heterocycles. The molecule has 2 atom stereocenters. The molecule has 112 valence electrons. The van der Waals surface area contributed by atoms with Gasteiger partial charge in [0.15, 0.2) is 0 Å². The fourth-order valence-electron chi connectivity index (χ4n) is 2.50. The van der Waals surface area contributed by atoms with Crippen molar-refractivity contribution in [3.63, 3.8) is 0 Å². The predicted octanol–water partition coefficient (Wildman–Crippen LogP) is 3.64. The number of nitrogens with one attached hydrogen (secondary N) is 1. The first-order valence-corrected chi connectivity index (χ1v) is 7.69. The summed E-state index contributed by atoms with van der Waals surface area (Å²) in [5.74, 6) is 1.68. The SMILES string of the molecule is CC1CC1NCc1cccc(OCc2cccc(C#N)c2)c1. The summed E-state index contributed by atoms with van der Waals surface area (Å²) in [5.41, 5.74) is 2.91. The van der Waals surface area contributed by atoms with Crippen LogP contribution in [0.2, 0.25) is 0 Å². The lowest BCUT2D eigenvalue weighted by Gasteiger charge is -2.09. The van der Waals surface area contributed by atoms with E-state index in [-0.39, 0.29) is 0 Å². The summed E-state index contributed by atoms with van der Waals surface area (Å²) < 4.78 is 5.84. The second kappa shape index (κ2) is 6.64. The van der Waals surface area contributed by atoms with E-state index in [0.29, 0.717) is 18.2 Å². The van der Waals surface area contributed by atoms with Gasteiger partial charge >= 0.3 is 0 Å². The minimum Gasteiger partial charge on any atom is -0.489 e. The Morgan fingerprint density at radius 2 is 1.95 bits per heavy atom. The molecule has 0 bridgehead atoms. The maximum Gasteiger partial charge on any atom is 0.120 e. The molecule has 1 aliphatic rings. The first-order chi connectivity index (χ1) is 10.7. The lowest BCUT2D eigenvalue weighted by molar-refractivity contribution is 0.306. The van der Waals surface area contributed by atoms with Gasteiger partial charge in [-0.2, -0.15) is 5.26 Å². The van der Waals surface area contributed by atoms with Crippen molar-refractivity contribution in [1.82, 2.24) is 5.32 Å². The Labute approximate surface area is 131 Å². The van der Waals surface area contributed by atoms with E-state index in [9.17, 15) is 0 Å². The van der Waals surface area contributed by atoms with Crippen molar-refractivity contribution in [3.05, 3.63) is 65.2 Å². The Balaban J connectivity index is 1.56. The van der Waals surface area contributed by atoms with Gasteiger partial charge in [0.2, 0.25) is 0 Å². The zero-order valence-corrected chi connectivity index (χ0v) is 12.8. The highest BCUT2D eigenvalue weighted by molar-refractivity contribution is 5.33. The summed E-state index contributed by atoms with van der Waals surface area (Å²) in [4.78, 5) is 0. The van der Waals surface area contributed by atoms with Gasteiger partial charge < -0.3 is 10.1 Å². The quantitative estimate of drug-likeness (QED) is 0.884. The number of nitrogens with zero attached hydrogens (tertiary/aromatic N) is 1. The minimum absolute atomic E-state index is 0.478. The van der Waals surface area contributed by atoms with Crippen molar-refractivity contribution in [2.24, 2.45) is 5.92 Å². The van der Waals surface area contributed by atoms with E-state index in [1.165, 1.54) is 12.0 Å². The van der Waals surface area contributed by atoms with Crippen LogP contribution in [0.5, 0.6) is 5.75 Å². The molecule has 0 radical (unpaired) electrons. The van der Waals surface area contributed by atoms with Gasteiger partial charge in [-0.3, -0.25) is 0 Å². The van der Waals surface area contributed by atoms with Crippen molar-refractivity contribution < 1.29 is 4.74 Å². The highest BCUT2D eigenvalue weighted by Crippen LogP contribution is 2.29. The van der Waals surface area contributed by atoms with Crippen LogP contribution in [0.25, 0.3) is 0 Å². The van der Waals surface area contributed by atoms with Crippen LogP contribution in [-0.4, -0.2) is 6.04 Å². The van der Waals surface area contributed by atoms with Gasteiger partial charge in [-0.15, -0.1) is 0 Å². The molecule has 2 aromatic rings. The zero-order valence-electron chi connectivity index (χ0n) is 12.8. The number of rotatable bonds is 6. The van der Waals surface area contributed by atoms with E-state index in [0.717, 1.165) is 23.8 Å². The fraction of sp³-hybridized carbons (Fsp3) is 0.316. The molecule has 2 unspecified atom stereocenters. The van der Waals surface area contributed by atoms with Crippen molar-refractivity contribution >= 4 is 0 Å². The average Bonchev–Trinajstić information content (AvgIpc) is 3.27. The van der Waals surface area contributed by atoms with E-state index >= 15 is 0 Å². The van der Waals surface area contributed by atoms with Crippen LogP contribution >= 0.6 is 0 Å². The highest BCUT2D eigenvalue weighted by Gasteiger charge is 2.31. The van der Waals surface area contributed by atoms with Crippen LogP contribution in [0.15, 0.2) is 48.5 Å². The van der Waals surface area contributed by atoms with Gasteiger partial charge in [-0.05, 0) is 47.7 Å². The fourth-order valence-corrected chi connectivity index (χ4v) is 2.50. The summed E-state index contributed by atoms with van der Waals surface area (Å²) >= 11 is 0. The highest BCUT2D eigenvalue weighted by atomic mass is 16.5. The Bertz CT molecular complexity index is 690. The molecule has 1 saturated carbocycles. The summed E-state index contributed by atoms with van der Waals surface area (Å²) in [5, 5.41) is 12.5. The van der Waals surface area contributed by atoms with Crippen molar-refractivity contribution in [2.45, 2.75) is 32.5 Å². The molecule has 0 aromatic heterocycles. The molecule has 1 fully saturated rings. The molecule has 3 heteroatoms. The lowest BCUT2D eigenvalue weighted by Crippen LogP contribution is -2.16. The maximum atomic E-state index is 8.91. The lowest BCUT2D eigenvalue weighted by atomic mass is 10.1. The topological polar surface area (TPSA) is 45.0 Å².